The van der Waals surface area contributed by atoms with Crippen molar-refractivity contribution in [3.8, 4) is 0 Å². The highest BCUT2D eigenvalue weighted by molar-refractivity contribution is 5.91. The number of aryl methyl sites for hydroxylation is 3. The Labute approximate surface area is 165 Å². The van der Waals surface area contributed by atoms with Crippen LogP contribution in [0, 0.1) is 20.8 Å². The predicted octanol–water partition coefficient (Wildman–Crippen LogP) is 2.63. The van der Waals surface area contributed by atoms with Gasteiger partial charge in [0, 0.05) is 30.0 Å². The fraction of sp³-hybridized carbons (Fsp3) is 0.421. The molecule has 0 amide bonds. The fourth-order valence-electron chi connectivity index (χ4n) is 3.36. The normalized spacial score (nSPS) is 23.4. The maximum absolute atomic E-state index is 12.7. The molecule has 29 heavy (non-hydrogen) atoms. The van der Waals surface area contributed by atoms with Gasteiger partial charge in [0.05, 0.1) is 5.56 Å². The lowest BCUT2D eigenvalue weighted by Crippen LogP contribution is -2.40. The number of esters is 1. The van der Waals surface area contributed by atoms with Crippen LogP contribution in [-0.2, 0) is 9.47 Å². The number of carbonyl (C=O) groups is 1. The smallest absolute Gasteiger partial charge is 0.340 e. The van der Waals surface area contributed by atoms with Crippen LogP contribution in [0.3, 0.4) is 0 Å². The minimum absolute atomic E-state index is 0.0894. The van der Waals surface area contributed by atoms with E-state index in [2.05, 4.69) is 15.0 Å². The number of H-pyrrole nitrogens is 1. The first-order chi connectivity index (χ1) is 13.6. The van der Waals surface area contributed by atoms with Crippen molar-refractivity contribution in [1.29, 1.82) is 0 Å². The second-order valence-electron chi connectivity index (χ2n) is 7.23. The van der Waals surface area contributed by atoms with E-state index < -0.39 is 35.3 Å². The third-order valence-corrected chi connectivity index (χ3v) is 4.94. The molecule has 0 unspecified atom stereocenters. The van der Waals surface area contributed by atoms with Gasteiger partial charge >= 0.3 is 11.7 Å². The molecule has 1 N–H and O–H groups in total. The molecular formula is C19H21N5O5. The average Bonchev–Trinajstić information content (AvgIpc) is 2.94. The van der Waals surface area contributed by atoms with Crippen LogP contribution in [0.1, 0.15) is 46.6 Å². The van der Waals surface area contributed by atoms with E-state index in [1.54, 1.807) is 26.0 Å². The second kappa shape index (κ2) is 7.57. The number of hydrogen-bond acceptors (Lipinski definition) is 6. The van der Waals surface area contributed by atoms with E-state index in [4.69, 9.17) is 15.0 Å². The van der Waals surface area contributed by atoms with E-state index in [1.165, 1.54) is 17.7 Å². The van der Waals surface area contributed by atoms with Gasteiger partial charge in [-0.25, -0.2) is 9.59 Å². The number of ether oxygens (including phenoxy) is 2. The molecule has 152 valence electrons. The molecule has 1 fully saturated rings. The zero-order valence-electron chi connectivity index (χ0n) is 16.5. The molecule has 0 radical (unpaired) electrons. The third kappa shape index (κ3) is 3.94. The Morgan fingerprint density at radius 2 is 2.07 bits per heavy atom. The number of nitrogens with zero attached hydrogens (tertiary/aromatic N) is 4. The van der Waals surface area contributed by atoms with Crippen LogP contribution in [0.15, 0.2) is 39.1 Å². The van der Waals surface area contributed by atoms with Gasteiger partial charge in [-0.2, -0.15) is 0 Å². The van der Waals surface area contributed by atoms with Gasteiger partial charge in [0.1, 0.15) is 12.3 Å². The first-order valence-corrected chi connectivity index (χ1v) is 8.99. The lowest BCUT2D eigenvalue weighted by Gasteiger charge is -2.28. The average molecular weight is 399 g/mol. The highest BCUT2D eigenvalue weighted by Crippen LogP contribution is 2.39. The van der Waals surface area contributed by atoms with Gasteiger partial charge in [-0.15, -0.1) is 0 Å². The lowest BCUT2D eigenvalue weighted by atomic mass is 10.1. The minimum Gasteiger partial charge on any atom is -0.429 e. The van der Waals surface area contributed by atoms with Crippen LogP contribution in [0.25, 0.3) is 10.4 Å². The molecule has 3 atom stereocenters. The molecule has 0 bridgehead atoms. The van der Waals surface area contributed by atoms with Gasteiger partial charge < -0.3 is 9.47 Å². The van der Waals surface area contributed by atoms with Crippen LogP contribution in [0.4, 0.5) is 0 Å². The van der Waals surface area contributed by atoms with Gasteiger partial charge in [-0.1, -0.05) is 22.8 Å². The second-order valence-corrected chi connectivity index (χ2v) is 7.23. The van der Waals surface area contributed by atoms with E-state index in [0.717, 1.165) is 11.1 Å². The summed E-state index contributed by atoms with van der Waals surface area (Å²) in [5, 5.41) is 3.70. The molecule has 0 saturated carbocycles. The zero-order chi connectivity index (χ0) is 21.3. The first-order valence-electron chi connectivity index (χ1n) is 8.99. The van der Waals surface area contributed by atoms with E-state index in [9.17, 15) is 14.4 Å². The number of azide groups is 1. The Morgan fingerprint density at radius 1 is 1.34 bits per heavy atom. The van der Waals surface area contributed by atoms with Crippen molar-refractivity contribution in [2.75, 3.05) is 0 Å². The molecule has 1 aliphatic rings. The minimum atomic E-state index is -1.59. The maximum Gasteiger partial charge on any atom is 0.340 e. The molecule has 10 nitrogen and oxygen atoms in total. The number of rotatable bonds is 4. The number of carbonyl (C=O) groups excluding carboxylic acids is 1. The lowest BCUT2D eigenvalue weighted by molar-refractivity contribution is -0.201. The maximum atomic E-state index is 12.7. The quantitative estimate of drug-likeness (QED) is 0.364. The van der Waals surface area contributed by atoms with Gasteiger partial charge in [0.15, 0.2) is 0 Å². The molecule has 0 aliphatic carbocycles. The molecule has 1 aromatic heterocycles. The fourth-order valence-corrected chi connectivity index (χ4v) is 3.36. The summed E-state index contributed by atoms with van der Waals surface area (Å²) in [6, 6.07) is 4.43. The molecule has 0 spiro atoms. The van der Waals surface area contributed by atoms with Gasteiger partial charge in [-0.3, -0.25) is 14.3 Å². The largest absolute Gasteiger partial charge is 0.429 e. The Kier molecular flexibility index (Phi) is 5.32. The van der Waals surface area contributed by atoms with Crippen molar-refractivity contribution in [1.82, 2.24) is 9.55 Å². The summed E-state index contributed by atoms with van der Waals surface area (Å²) in [6.07, 6.45) is 0.563. The number of nitrogens with one attached hydrogen (secondary N) is 1. The molecule has 10 heteroatoms. The van der Waals surface area contributed by atoms with Gasteiger partial charge in [0.25, 0.3) is 5.56 Å². The topological polar surface area (TPSA) is 139 Å². The highest BCUT2D eigenvalue weighted by atomic mass is 16.7. The SMILES string of the molecule is Cc1ccc(C(=O)O[C@]2(C)O[C@@H](n3cc(C)c(=O)[nH]c3=O)C[C@@H]2N=[N+]=[N-])c(C)c1. The summed E-state index contributed by atoms with van der Waals surface area (Å²) < 4.78 is 12.7. The predicted molar refractivity (Wildman–Crippen MR) is 103 cm³/mol. The van der Waals surface area contributed by atoms with Crippen LogP contribution in [0.5, 0.6) is 0 Å². The standard InChI is InChI=1S/C19H21N5O5/c1-10-5-6-13(11(2)7-10)17(26)29-19(4)14(22-23-20)8-15(28-19)24-9-12(3)16(25)21-18(24)27/h5-7,9,14-15H,8H2,1-4H3,(H,21,25,27)/t14-,15+,19-/m0/s1. The number of benzene rings is 1. The first kappa shape index (κ1) is 20.4. The van der Waals surface area contributed by atoms with Crippen molar-refractivity contribution < 1.29 is 14.3 Å². The molecule has 1 saturated heterocycles. The molecular weight excluding hydrogens is 378 g/mol. The van der Waals surface area contributed by atoms with E-state index in [1.807, 2.05) is 13.0 Å². The van der Waals surface area contributed by atoms with Gasteiger partial charge in [-0.05, 0) is 37.9 Å². The van der Waals surface area contributed by atoms with Crippen molar-refractivity contribution in [2.24, 2.45) is 5.11 Å². The monoisotopic (exact) mass is 399 g/mol. The molecule has 2 aromatic rings. The Hall–Kier alpha value is -3.36. The van der Waals surface area contributed by atoms with E-state index in [0.29, 0.717) is 11.1 Å². The van der Waals surface area contributed by atoms with Crippen molar-refractivity contribution in [3.05, 3.63) is 77.9 Å². The van der Waals surface area contributed by atoms with Gasteiger partial charge in [0.2, 0.25) is 5.79 Å². The third-order valence-electron chi connectivity index (χ3n) is 4.94. The number of hydrogen-bond donors (Lipinski definition) is 1. The summed E-state index contributed by atoms with van der Waals surface area (Å²) in [7, 11) is 0. The highest BCUT2D eigenvalue weighted by Gasteiger charge is 2.49. The Balaban J connectivity index is 1.93. The number of aromatic nitrogens is 2. The summed E-state index contributed by atoms with van der Waals surface area (Å²) in [5.41, 5.74) is 10.2. The zero-order valence-corrected chi connectivity index (χ0v) is 16.5. The summed E-state index contributed by atoms with van der Waals surface area (Å²) in [5.74, 6) is -2.22. The number of aromatic amines is 1. The molecule has 3 rings (SSSR count). The van der Waals surface area contributed by atoms with E-state index >= 15 is 0 Å². The van der Waals surface area contributed by atoms with Crippen molar-refractivity contribution in [2.45, 2.75) is 52.2 Å². The van der Waals surface area contributed by atoms with Crippen LogP contribution < -0.4 is 11.2 Å². The van der Waals surface area contributed by atoms with Crippen LogP contribution >= 0.6 is 0 Å². The van der Waals surface area contributed by atoms with Crippen LogP contribution in [0.2, 0.25) is 0 Å². The molecule has 1 aromatic carbocycles. The summed E-state index contributed by atoms with van der Waals surface area (Å²) in [4.78, 5) is 41.6. The molecule has 1 aliphatic heterocycles. The Morgan fingerprint density at radius 3 is 2.72 bits per heavy atom. The summed E-state index contributed by atoms with van der Waals surface area (Å²) >= 11 is 0. The van der Waals surface area contributed by atoms with E-state index in [-0.39, 0.29) is 6.42 Å². The Bertz CT molecular complexity index is 1130. The summed E-state index contributed by atoms with van der Waals surface area (Å²) in [6.45, 7) is 6.73. The van der Waals surface area contributed by atoms with Crippen molar-refractivity contribution >= 4 is 5.97 Å². The van der Waals surface area contributed by atoms with Crippen LogP contribution in [-0.4, -0.2) is 27.3 Å². The van der Waals surface area contributed by atoms with Crippen molar-refractivity contribution in [3.63, 3.8) is 0 Å². The molecule has 2 heterocycles.